The number of aliphatic carboxylic acids is 1. The number of imidazole rings is 1. The molecule has 1 aromatic heterocycles. The molecule has 1 aromatic carbocycles. The second-order valence-electron chi connectivity index (χ2n) is 4.73. The number of nitrogens with two attached hydrogens (primary N) is 1. The number of hydrogen-bond donors (Lipinski definition) is 2. The molecule has 9 heteroatoms. The van der Waals surface area contributed by atoms with E-state index >= 15 is 0 Å². The molecule has 1 saturated heterocycles. The Balaban J connectivity index is 0.000000217. The Labute approximate surface area is 123 Å². The third-order valence-electron chi connectivity index (χ3n) is 3.08. The summed E-state index contributed by atoms with van der Waals surface area (Å²) in [6.45, 7) is 1.76. The topological polar surface area (TPSA) is 90.4 Å². The number of nitrogens with zero attached hydrogens (tertiary/aromatic N) is 2. The summed E-state index contributed by atoms with van der Waals surface area (Å²) in [7, 11) is 0. The largest absolute Gasteiger partial charge is 0.490 e. The Morgan fingerprint density at radius 3 is 2.64 bits per heavy atom. The highest BCUT2D eigenvalue weighted by molar-refractivity contribution is 5.78. The highest BCUT2D eigenvalue weighted by atomic mass is 19.4. The van der Waals surface area contributed by atoms with Crippen molar-refractivity contribution < 1.29 is 27.8 Å². The summed E-state index contributed by atoms with van der Waals surface area (Å²) in [6, 6.07) is 5.78. The fourth-order valence-corrected chi connectivity index (χ4v) is 1.87. The third-order valence-corrected chi connectivity index (χ3v) is 3.08. The lowest BCUT2D eigenvalue weighted by Gasteiger charge is -2.26. The van der Waals surface area contributed by atoms with Crippen molar-refractivity contribution in [2.45, 2.75) is 25.2 Å². The standard InChI is InChI=1S/C11H13N3O.C2HF3O2/c12-8-1-2-10-11(5-8)14(7-13-10)6-9-3-4-15-9;3-2(4,5)1(6)7/h1-2,5,7,9H,3-4,6,12H2;(H,6,7). The Morgan fingerprint density at radius 1 is 1.50 bits per heavy atom. The number of fused-ring (bicyclic) bond motifs is 1. The van der Waals surface area contributed by atoms with Gasteiger partial charge in [-0.15, -0.1) is 0 Å². The Hall–Kier alpha value is -2.29. The van der Waals surface area contributed by atoms with E-state index in [2.05, 4.69) is 9.55 Å². The predicted octanol–water partition coefficient (Wildman–Crippen LogP) is 2.04. The van der Waals surface area contributed by atoms with Gasteiger partial charge in [-0.1, -0.05) is 0 Å². The first-order valence-corrected chi connectivity index (χ1v) is 6.39. The lowest BCUT2D eigenvalue weighted by molar-refractivity contribution is -0.192. The van der Waals surface area contributed by atoms with Crippen LogP contribution in [0.15, 0.2) is 24.5 Å². The smallest absolute Gasteiger partial charge is 0.475 e. The summed E-state index contributed by atoms with van der Waals surface area (Å²) in [5.41, 5.74) is 8.61. The average Bonchev–Trinajstić information content (AvgIpc) is 2.76. The number of hydrogen-bond acceptors (Lipinski definition) is 4. The molecule has 22 heavy (non-hydrogen) atoms. The van der Waals surface area contributed by atoms with Crippen molar-refractivity contribution in [3.05, 3.63) is 24.5 Å². The molecule has 120 valence electrons. The Kier molecular flexibility index (Phi) is 4.55. The van der Waals surface area contributed by atoms with Crippen molar-refractivity contribution >= 4 is 22.7 Å². The molecule has 1 aliphatic rings. The summed E-state index contributed by atoms with van der Waals surface area (Å²) < 4.78 is 39.2. The van der Waals surface area contributed by atoms with Crippen LogP contribution in [0.5, 0.6) is 0 Å². The first kappa shape index (κ1) is 16.1. The average molecular weight is 317 g/mol. The zero-order chi connectivity index (χ0) is 16.3. The van der Waals surface area contributed by atoms with Gasteiger partial charge < -0.3 is 20.1 Å². The number of benzene rings is 1. The zero-order valence-corrected chi connectivity index (χ0v) is 11.4. The molecule has 1 aliphatic heterocycles. The van der Waals surface area contributed by atoms with E-state index in [1.54, 1.807) is 0 Å². The maximum atomic E-state index is 10.6. The number of aromatic nitrogens is 2. The number of ether oxygens (including phenoxy) is 1. The molecule has 0 saturated carbocycles. The van der Waals surface area contributed by atoms with Gasteiger partial charge in [-0.25, -0.2) is 9.78 Å². The van der Waals surface area contributed by atoms with Crippen molar-refractivity contribution in [2.75, 3.05) is 12.3 Å². The van der Waals surface area contributed by atoms with Crippen LogP contribution >= 0.6 is 0 Å². The highest BCUT2D eigenvalue weighted by Crippen LogP contribution is 2.19. The van der Waals surface area contributed by atoms with Crippen LogP contribution in [-0.4, -0.2) is 39.5 Å². The minimum absolute atomic E-state index is 0.351. The molecule has 3 N–H and O–H groups in total. The van der Waals surface area contributed by atoms with Gasteiger partial charge in [-0.3, -0.25) is 0 Å². The van der Waals surface area contributed by atoms with Gasteiger partial charge in [0.2, 0.25) is 0 Å². The molecule has 2 aromatic rings. The lowest BCUT2D eigenvalue weighted by atomic mass is 10.2. The maximum Gasteiger partial charge on any atom is 0.490 e. The number of alkyl halides is 3. The van der Waals surface area contributed by atoms with Gasteiger partial charge in [0.1, 0.15) is 0 Å². The van der Waals surface area contributed by atoms with Crippen LogP contribution in [0.3, 0.4) is 0 Å². The minimum Gasteiger partial charge on any atom is -0.475 e. The number of halogens is 3. The van der Waals surface area contributed by atoms with Gasteiger partial charge in [-0.05, 0) is 24.6 Å². The van der Waals surface area contributed by atoms with E-state index < -0.39 is 12.1 Å². The second-order valence-corrected chi connectivity index (χ2v) is 4.73. The van der Waals surface area contributed by atoms with Crippen LogP contribution in [0.2, 0.25) is 0 Å². The monoisotopic (exact) mass is 317 g/mol. The van der Waals surface area contributed by atoms with Crippen LogP contribution in [0.4, 0.5) is 18.9 Å². The molecule has 2 heterocycles. The van der Waals surface area contributed by atoms with Gasteiger partial charge in [0.05, 0.1) is 30.0 Å². The van der Waals surface area contributed by atoms with Crippen molar-refractivity contribution in [2.24, 2.45) is 0 Å². The van der Waals surface area contributed by atoms with Gasteiger partial charge in [0.25, 0.3) is 0 Å². The second kappa shape index (κ2) is 6.22. The summed E-state index contributed by atoms with van der Waals surface area (Å²) in [4.78, 5) is 13.2. The van der Waals surface area contributed by atoms with Crippen LogP contribution in [-0.2, 0) is 16.1 Å². The third kappa shape index (κ3) is 3.88. The molecule has 0 bridgehead atoms. The fraction of sp³-hybridized carbons (Fsp3) is 0.385. The van der Waals surface area contributed by atoms with Crippen molar-refractivity contribution in [1.29, 1.82) is 0 Å². The maximum absolute atomic E-state index is 10.6. The molecule has 3 rings (SSSR count). The normalized spacial score (nSPS) is 17.5. The molecule has 0 radical (unpaired) electrons. The molecular weight excluding hydrogens is 303 g/mol. The van der Waals surface area contributed by atoms with E-state index in [0.717, 1.165) is 36.3 Å². The van der Waals surface area contributed by atoms with Crippen LogP contribution in [0.1, 0.15) is 6.42 Å². The van der Waals surface area contributed by atoms with Gasteiger partial charge >= 0.3 is 12.1 Å². The van der Waals surface area contributed by atoms with E-state index in [4.69, 9.17) is 20.4 Å². The summed E-state index contributed by atoms with van der Waals surface area (Å²) in [5, 5.41) is 7.12. The van der Waals surface area contributed by atoms with Gasteiger partial charge in [0, 0.05) is 12.3 Å². The summed E-state index contributed by atoms with van der Waals surface area (Å²) >= 11 is 0. The molecule has 0 amide bonds. The van der Waals surface area contributed by atoms with Crippen LogP contribution in [0, 0.1) is 0 Å². The van der Waals surface area contributed by atoms with E-state index in [0.29, 0.717) is 6.10 Å². The van der Waals surface area contributed by atoms with Crippen molar-refractivity contribution in [3.63, 3.8) is 0 Å². The first-order chi connectivity index (χ1) is 10.3. The molecule has 0 spiro atoms. The van der Waals surface area contributed by atoms with E-state index in [1.165, 1.54) is 0 Å². The molecule has 6 nitrogen and oxygen atoms in total. The van der Waals surface area contributed by atoms with Gasteiger partial charge in [0.15, 0.2) is 0 Å². The van der Waals surface area contributed by atoms with Crippen LogP contribution < -0.4 is 5.73 Å². The van der Waals surface area contributed by atoms with E-state index in [1.807, 2.05) is 24.5 Å². The number of anilines is 1. The van der Waals surface area contributed by atoms with Crippen LogP contribution in [0.25, 0.3) is 11.0 Å². The quantitative estimate of drug-likeness (QED) is 0.827. The Bertz CT molecular complexity index is 665. The number of rotatable bonds is 2. The van der Waals surface area contributed by atoms with E-state index in [9.17, 15) is 13.2 Å². The summed E-state index contributed by atoms with van der Waals surface area (Å²) in [5.74, 6) is -2.76. The molecule has 1 unspecified atom stereocenters. The SMILES string of the molecule is Nc1ccc2ncn(CC3CCO3)c2c1.O=C(O)C(F)(F)F. The molecule has 1 atom stereocenters. The van der Waals surface area contributed by atoms with Gasteiger partial charge in [-0.2, -0.15) is 13.2 Å². The molecule has 0 aliphatic carbocycles. The number of carboxylic acid groups (broad SMARTS) is 1. The molecule has 1 fully saturated rings. The fourth-order valence-electron chi connectivity index (χ4n) is 1.87. The minimum atomic E-state index is -5.08. The highest BCUT2D eigenvalue weighted by Gasteiger charge is 2.38. The Morgan fingerprint density at radius 2 is 2.14 bits per heavy atom. The van der Waals surface area contributed by atoms with Crippen molar-refractivity contribution in [3.8, 4) is 0 Å². The number of carboxylic acids is 1. The first-order valence-electron chi connectivity index (χ1n) is 6.39. The zero-order valence-electron chi connectivity index (χ0n) is 11.4. The predicted molar refractivity (Wildman–Crippen MR) is 72.2 cm³/mol. The lowest BCUT2D eigenvalue weighted by Crippen LogP contribution is -2.30. The van der Waals surface area contributed by atoms with Crippen molar-refractivity contribution in [1.82, 2.24) is 9.55 Å². The summed E-state index contributed by atoms with van der Waals surface area (Å²) in [6.07, 6.45) is -1.74. The number of carbonyl (C=O) groups is 1. The molecular formula is C13H14F3N3O3. The number of nitrogen functional groups attached to an aromatic ring is 1. The van der Waals surface area contributed by atoms with E-state index in [-0.39, 0.29) is 0 Å².